The average Bonchev–Trinajstić information content (AvgIpc) is 3.09. The van der Waals surface area contributed by atoms with Crippen molar-refractivity contribution in [3.63, 3.8) is 0 Å². The molecule has 4 rings (SSSR count). The fraction of sp³-hybridized carbons (Fsp3) is 0.304. The van der Waals surface area contributed by atoms with Gasteiger partial charge < -0.3 is 10.1 Å². The third-order valence-electron chi connectivity index (χ3n) is 5.19. The molecule has 3 aromatic rings. The molecule has 31 heavy (non-hydrogen) atoms. The summed E-state index contributed by atoms with van der Waals surface area (Å²) in [5.41, 5.74) is 2.84. The van der Waals surface area contributed by atoms with E-state index in [1.54, 1.807) is 58.2 Å². The Morgan fingerprint density at radius 1 is 1.16 bits per heavy atom. The molecule has 2 aromatic carbocycles. The van der Waals surface area contributed by atoms with Gasteiger partial charge >= 0.3 is 0 Å². The van der Waals surface area contributed by atoms with Crippen LogP contribution in [0.2, 0.25) is 0 Å². The lowest BCUT2D eigenvalue weighted by molar-refractivity contribution is 0.331. The molecular weight excluding hydrogens is 417 g/mol. The first-order chi connectivity index (χ1) is 14.6. The van der Waals surface area contributed by atoms with Crippen LogP contribution in [0.5, 0.6) is 5.75 Å². The maximum Gasteiger partial charge on any atom is 0.186 e. The quantitative estimate of drug-likeness (QED) is 0.634. The van der Waals surface area contributed by atoms with Gasteiger partial charge in [-0.3, -0.25) is 9.98 Å². The first-order valence-corrected chi connectivity index (χ1v) is 11.5. The lowest BCUT2D eigenvalue weighted by atomic mass is 10.1. The highest BCUT2D eigenvalue weighted by Crippen LogP contribution is 2.37. The number of rotatable bonds is 4. The Hall–Kier alpha value is -3.00. The number of ether oxygens (including phenoxy) is 1. The molecule has 0 amide bonds. The molecule has 0 aliphatic carbocycles. The van der Waals surface area contributed by atoms with Gasteiger partial charge in [-0.25, -0.2) is 12.8 Å². The summed E-state index contributed by atoms with van der Waals surface area (Å²) in [4.78, 5) is 8.98. The van der Waals surface area contributed by atoms with E-state index in [1.807, 2.05) is 0 Å². The number of pyridine rings is 1. The molecule has 6 nitrogen and oxygen atoms in total. The summed E-state index contributed by atoms with van der Waals surface area (Å²) >= 11 is 0. The van der Waals surface area contributed by atoms with Gasteiger partial charge in [0.25, 0.3) is 0 Å². The Kier molecular flexibility index (Phi) is 5.21. The van der Waals surface area contributed by atoms with Crippen molar-refractivity contribution in [3.05, 3.63) is 59.5 Å². The Bertz CT molecular complexity index is 1310. The van der Waals surface area contributed by atoms with Crippen LogP contribution in [0.25, 0.3) is 10.9 Å². The molecule has 0 saturated carbocycles. The van der Waals surface area contributed by atoms with Crippen LogP contribution in [-0.4, -0.2) is 30.6 Å². The van der Waals surface area contributed by atoms with Crippen molar-refractivity contribution >= 4 is 32.3 Å². The highest BCUT2D eigenvalue weighted by Gasteiger charge is 2.34. The third-order valence-corrected chi connectivity index (χ3v) is 7.70. The van der Waals surface area contributed by atoms with Gasteiger partial charge in [-0.1, -0.05) is 6.07 Å². The summed E-state index contributed by atoms with van der Waals surface area (Å²) in [5, 5.41) is 3.86. The normalized spacial score (nSPS) is 13.8. The van der Waals surface area contributed by atoms with Gasteiger partial charge in [0, 0.05) is 23.2 Å². The summed E-state index contributed by atoms with van der Waals surface area (Å²) in [6.45, 7) is 7.56. The minimum atomic E-state index is -3.68. The van der Waals surface area contributed by atoms with Crippen LogP contribution in [-0.2, 0) is 16.4 Å². The van der Waals surface area contributed by atoms with Crippen molar-refractivity contribution < 1.29 is 17.5 Å². The van der Waals surface area contributed by atoms with Crippen LogP contribution in [0.1, 0.15) is 38.8 Å². The lowest BCUT2D eigenvalue weighted by Gasteiger charge is -2.22. The van der Waals surface area contributed by atoms with E-state index in [2.05, 4.69) is 15.3 Å². The molecule has 1 aliphatic rings. The molecule has 0 saturated heterocycles. The highest BCUT2D eigenvalue weighted by atomic mass is 32.2. The second-order valence-electron chi connectivity index (χ2n) is 8.31. The van der Waals surface area contributed by atoms with Crippen molar-refractivity contribution in [2.75, 3.05) is 11.9 Å². The number of aromatic nitrogens is 1. The van der Waals surface area contributed by atoms with Crippen LogP contribution in [0.15, 0.2) is 52.5 Å². The lowest BCUT2D eigenvalue weighted by Crippen LogP contribution is -2.28. The second kappa shape index (κ2) is 7.60. The van der Waals surface area contributed by atoms with E-state index < -0.39 is 14.6 Å². The number of hydrogen-bond acceptors (Lipinski definition) is 6. The predicted molar refractivity (Wildman–Crippen MR) is 120 cm³/mol. The van der Waals surface area contributed by atoms with Gasteiger partial charge in [0.1, 0.15) is 22.3 Å². The topological polar surface area (TPSA) is 80.7 Å². The number of nitrogens with one attached hydrogen (secondary N) is 1. The summed E-state index contributed by atoms with van der Waals surface area (Å²) in [6, 6.07) is 9.56. The van der Waals surface area contributed by atoms with E-state index in [0.29, 0.717) is 41.1 Å². The molecule has 0 atom stereocenters. The molecule has 0 unspecified atom stereocenters. The van der Waals surface area contributed by atoms with Crippen molar-refractivity contribution in [3.8, 4) is 5.75 Å². The number of benzene rings is 2. The number of amidine groups is 1. The van der Waals surface area contributed by atoms with Gasteiger partial charge in [0.2, 0.25) is 0 Å². The summed E-state index contributed by atoms with van der Waals surface area (Å²) < 4.78 is 44.9. The van der Waals surface area contributed by atoms with Crippen LogP contribution < -0.4 is 10.1 Å². The van der Waals surface area contributed by atoms with Gasteiger partial charge in [-0.2, -0.15) is 0 Å². The van der Waals surface area contributed by atoms with Crippen LogP contribution in [0.4, 0.5) is 10.1 Å². The predicted octanol–water partition coefficient (Wildman–Crippen LogP) is 4.72. The van der Waals surface area contributed by atoms with Gasteiger partial charge in [0.15, 0.2) is 9.84 Å². The van der Waals surface area contributed by atoms with Crippen molar-refractivity contribution in [1.29, 1.82) is 0 Å². The Labute approximate surface area is 181 Å². The van der Waals surface area contributed by atoms with E-state index in [1.165, 1.54) is 12.1 Å². The Morgan fingerprint density at radius 2 is 1.94 bits per heavy atom. The minimum absolute atomic E-state index is 0.116. The number of aliphatic imine (C=N–C) groups is 1. The second-order valence-corrected chi connectivity index (χ2v) is 11.0. The summed E-state index contributed by atoms with van der Waals surface area (Å²) in [5.74, 6) is 0.478. The van der Waals surface area contributed by atoms with Gasteiger partial charge in [-0.05, 0) is 57.5 Å². The van der Waals surface area contributed by atoms with E-state index in [0.717, 1.165) is 5.56 Å². The van der Waals surface area contributed by atoms with Crippen LogP contribution in [0, 0.1) is 5.82 Å². The molecule has 0 fully saturated rings. The summed E-state index contributed by atoms with van der Waals surface area (Å²) in [6.07, 6.45) is 1.63. The van der Waals surface area contributed by atoms with Gasteiger partial charge in [0.05, 0.1) is 29.1 Å². The average molecular weight is 442 g/mol. The van der Waals surface area contributed by atoms with Crippen molar-refractivity contribution in [1.82, 2.24) is 4.98 Å². The molecule has 8 heteroatoms. The first kappa shape index (κ1) is 21.2. The highest BCUT2D eigenvalue weighted by molar-refractivity contribution is 7.92. The van der Waals surface area contributed by atoms with Crippen molar-refractivity contribution in [2.45, 2.75) is 43.9 Å². The number of halogens is 1. The van der Waals surface area contributed by atoms with E-state index in [4.69, 9.17) is 4.74 Å². The van der Waals surface area contributed by atoms with Gasteiger partial charge in [-0.15, -0.1) is 0 Å². The zero-order chi connectivity index (χ0) is 22.4. The molecule has 1 N–H and O–H groups in total. The number of anilines is 1. The molecule has 1 aliphatic heterocycles. The monoisotopic (exact) mass is 441 g/mol. The molecule has 162 valence electrons. The minimum Gasteiger partial charge on any atom is -0.492 e. The summed E-state index contributed by atoms with van der Waals surface area (Å²) in [7, 11) is -3.68. The van der Waals surface area contributed by atoms with Crippen LogP contribution >= 0.6 is 0 Å². The fourth-order valence-corrected chi connectivity index (χ4v) is 4.78. The molecule has 2 heterocycles. The SMILES string of the molecule is CCOc1cc2nccc(NC3=NCc4ccc(F)cc43)c2cc1S(=O)(=O)C(C)(C)C. The maximum absolute atomic E-state index is 13.8. The fourth-order valence-electron chi connectivity index (χ4n) is 3.46. The maximum atomic E-state index is 13.8. The molecular formula is C23H24FN3O3S. The standard InChI is InChI=1S/C23H24FN3O3S/c1-5-30-20-12-19-17(11-21(20)31(28,29)23(2,3)4)18(8-9-25-19)27-22-16-10-15(24)7-6-14(16)13-26-22/h6-12H,5,13H2,1-4H3,(H,25,26,27). The first-order valence-electron chi connectivity index (χ1n) is 10.0. The number of sulfone groups is 1. The van der Waals surface area contributed by atoms with E-state index >= 15 is 0 Å². The van der Waals surface area contributed by atoms with E-state index in [9.17, 15) is 12.8 Å². The molecule has 0 radical (unpaired) electrons. The zero-order valence-corrected chi connectivity index (χ0v) is 18.7. The molecule has 0 bridgehead atoms. The number of fused-ring (bicyclic) bond motifs is 2. The number of hydrogen-bond donors (Lipinski definition) is 1. The Balaban J connectivity index is 1.86. The van der Waals surface area contributed by atoms with E-state index in [-0.39, 0.29) is 16.5 Å². The molecule has 1 aromatic heterocycles. The third kappa shape index (κ3) is 3.76. The van der Waals surface area contributed by atoms with Crippen LogP contribution in [0.3, 0.4) is 0 Å². The largest absolute Gasteiger partial charge is 0.492 e. The number of nitrogens with zero attached hydrogens (tertiary/aromatic N) is 2. The zero-order valence-electron chi connectivity index (χ0n) is 17.9. The molecule has 0 spiro atoms. The van der Waals surface area contributed by atoms with Crippen molar-refractivity contribution in [2.24, 2.45) is 4.99 Å². The Morgan fingerprint density at radius 3 is 2.65 bits per heavy atom. The smallest absolute Gasteiger partial charge is 0.186 e.